The molecular weight excluding hydrogens is 241 g/mol. The average molecular weight is 255 g/mol. The van der Waals surface area contributed by atoms with Crippen LogP contribution in [0.2, 0.25) is 0 Å². The van der Waals surface area contributed by atoms with Gasteiger partial charge in [0.2, 0.25) is 0 Å². The van der Waals surface area contributed by atoms with Crippen molar-refractivity contribution in [2.24, 2.45) is 10.7 Å². The second-order valence-electron chi connectivity index (χ2n) is 3.32. The van der Waals surface area contributed by atoms with Gasteiger partial charge < -0.3 is 15.7 Å². The van der Waals surface area contributed by atoms with Crippen molar-refractivity contribution in [2.75, 3.05) is 12.8 Å². The molecule has 6 heteroatoms. The van der Waals surface area contributed by atoms with Crippen molar-refractivity contribution >= 4 is 23.8 Å². The number of aliphatic imine (C=N–C) groups is 1. The first-order valence-electron chi connectivity index (χ1n) is 4.84. The summed E-state index contributed by atoms with van der Waals surface area (Å²) in [5, 5.41) is 0. The molecule has 0 radical (unpaired) electrons. The van der Waals surface area contributed by atoms with Gasteiger partial charge in [-0.2, -0.15) is 0 Å². The van der Waals surface area contributed by atoms with Gasteiger partial charge in [-0.25, -0.2) is 0 Å². The predicted octanol–water partition coefficient (Wildman–Crippen LogP) is 2.46. The molecule has 92 valence electrons. The summed E-state index contributed by atoms with van der Waals surface area (Å²) in [5.41, 5.74) is 13.6. The Morgan fingerprint density at radius 1 is 1.53 bits per heavy atom. The van der Waals surface area contributed by atoms with E-state index in [2.05, 4.69) is 4.99 Å². The smallest absolute Gasteiger partial charge is 0.272 e. The standard InChI is InChI=1S/C11H14FN3OS/c1-7(6-13)11(15-2)9-4-3-8(14)5-10(9)16-17-12/h3-6H,13-14H2,1-2H3/b7-6-,15-11?. The Bertz CT molecular complexity index is 460. The van der Waals surface area contributed by atoms with Gasteiger partial charge in [0.1, 0.15) is 0 Å². The number of benzene rings is 1. The summed E-state index contributed by atoms with van der Waals surface area (Å²) in [6, 6.07) is 4.95. The summed E-state index contributed by atoms with van der Waals surface area (Å²) in [4.78, 5) is 4.12. The molecule has 1 aromatic rings. The summed E-state index contributed by atoms with van der Waals surface area (Å²) in [6.45, 7) is 1.81. The number of hydrogen-bond donors (Lipinski definition) is 2. The quantitative estimate of drug-likeness (QED) is 0.492. The number of nitrogen functional groups attached to an aromatic ring is 1. The largest absolute Gasteiger partial charge is 0.404 e. The molecule has 1 aromatic carbocycles. The highest BCUT2D eigenvalue weighted by Crippen LogP contribution is 2.27. The molecule has 0 amide bonds. The number of rotatable bonds is 4. The van der Waals surface area contributed by atoms with Crippen molar-refractivity contribution in [3.8, 4) is 5.75 Å². The van der Waals surface area contributed by atoms with Crippen LogP contribution in [0.3, 0.4) is 0 Å². The fraction of sp³-hybridized carbons (Fsp3) is 0.182. The van der Waals surface area contributed by atoms with Crippen molar-refractivity contribution < 1.29 is 8.07 Å². The Hall–Kier alpha value is -1.69. The van der Waals surface area contributed by atoms with E-state index in [9.17, 15) is 3.89 Å². The highest BCUT2D eigenvalue weighted by atomic mass is 32.2. The van der Waals surface area contributed by atoms with E-state index in [1.165, 1.54) is 12.3 Å². The number of halogens is 1. The van der Waals surface area contributed by atoms with E-state index >= 15 is 0 Å². The van der Waals surface area contributed by atoms with Gasteiger partial charge >= 0.3 is 0 Å². The fourth-order valence-electron chi connectivity index (χ4n) is 1.43. The van der Waals surface area contributed by atoms with Crippen molar-refractivity contribution in [1.82, 2.24) is 0 Å². The fourth-order valence-corrected chi connectivity index (χ4v) is 1.63. The summed E-state index contributed by atoms with van der Waals surface area (Å²) in [6.07, 6.45) is 1.44. The number of allylic oxidation sites excluding steroid dienone is 1. The third-order valence-electron chi connectivity index (χ3n) is 2.23. The van der Waals surface area contributed by atoms with Crippen LogP contribution in [-0.4, -0.2) is 12.8 Å². The molecule has 0 aliphatic carbocycles. The van der Waals surface area contributed by atoms with E-state index in [0.29, 0.717) is 22.7 Å². The molecule has 0 saturated carbocycles. The van der Waals surface area contributed by atoms with Gasteiger partial charge in [-0.15, -0.1) is 3.89 Å². The molecule has 0 bridgehead atoms. The highest BCUT2D eigenvalue weighted by Gasteiger charge is 2.12. The topological polar surface area (TPSA) is 73.6 Å². The Morgan fingerprint density at radius 2 is 2.24 bits per heavy atom. The van der Waals surface area contributed by atoms with Crippen LogP contribution in [-0.2, 0) is 0 Å². The summed E-state index contributed by atoms with van der Waals surface area (Å²) in [7, 11) is 1.63. The Kier molecular flexibility index (Phi) is 4.84. The number of hydrogen-bond acceptors (Lipinski definition) is 5. The molecule has 0 fully saturated rings. The number of nitrogens with two attached hydrogens (primary N) is 2. The molecule has 0 spiro atoms. The lowest BCUT2D eigenvalue weighted by atomic mass is 10.0. The van der Waals surface area contributed by atoms with Crippen LogP contribution in [0.15, 0.2) is 35.0 Å². The van der Waals surface area contributed by atoms with Crippen molar-refractivity contribution in [3.63, 3.8) is 0 Å². The molecule has 0 atom stereocenters. The van der Waals surface area contributed by atoms with Crippen LogP contribution >= 0.6 is 12.4 Å². The minimum Gasteiger partial charge on any atom is -0.404 e. The van der Waals surface area contributed by atoms with E-state index in [1.54, 1.807) is 19.2 Å². The van der Waals surface area contributed by atoms with Crippen molar-refractivity contribution in [3.05, 3.63) is 35.5 Å². The molecule has 0 saturated heterocycles. The van der Waals surface area contributed by atoms with E-state index in [4.69, 9.17) is 15.7 Å². The van der Waals surface area contributed by atoms with Gasteiger partial charge in [-0.1, -0.05) is 0 Å². The maximum atomic E-state index is 12.2. The summed E-state index contributed by atoms with van der Waals surface area (Å²) >= 11 is -0.236. The van der Waals surface area contributed by atoms with Crippen LogP contribution in [0.25, 0.3) is 0 Å². The van der Waals surface area contributed by atoms with Crippen LogP contribution < -0.4 is 15.7 Å². The van der Waals surface area contributed by atoms with Crippen LogP contribution in [0.4, 0.5) is 9.57 Å². The average Bonchev–Trinajstić information content (AvgIpc) is 2.32. The zero-order valence-corrected chi connectivity index (χ0v) is 10.4. The second kappa shape index (κ2) is 6.15. The number of anilines is 1. The van der Waals surface area contributed by atoms with E-state index < -0.39 is 0 Å². The highest BCUT2D eigenvalue weighted by molar-refractivity contribution is 7.89. The third-order valence-corrected chi connectivity index (χ3v) is 2.47. The Labute approximate surface area is 104 Å². The molecule has 0 aliphatic heterocycles. The van der Waals surface area contributed by atoms with Crippen LogP contribution in [0.1, 0.15) is 12.5 Å². The maximum absolute atomic E-state index is 12.2. The lowest BCUT2D eigenvalue weighted by Gasteiger charge is -2.11. The zero-order chi connectivity index (χ0) is 12.8. The van der Waals surface area contributed by atoms with E-state index in [0.717, 1.165) is 5.57 Å². The Morgan fingerprint density at radius 3 is 2.76 bits per heavy atom. The monoisotopic (exact) mass is 255 g/mol. The SMILES string of the molecule is CN=C(/C(C)=C\N)c1ccc(N)cc1OSF. The molecule has 0 unspecified atom stereocenters. The molecule has 0 aromatic heterocycles. The minimum absolute atomic E-state index is 0.236. The minimum atomic E-state index is -0.236. The first kappa shape index (κ1) is 13.4. The molecule has 4 nitrogen and oxygen atoms in total. The molecule has 0 heterocycles. The van der Waals surface area contributed by atoms with Crippen molar-refractivity contribution in [1.29, 1.82) is 0 Å². The molecule has 0 aliphatic rings. The predicted molar refractivity (Wildman–Crippen MR) is 70.6 cm³/mol. The zero-order valence-electron chi connectivity index (χ0n) is 9.61. The molecular formula is C11H14FN3OS. The normalized spacial score (nSPS) is 12.6. The lowest BCUT2D eigenvalue weighted by molar-refractivity contribution is 0.610. The summed E-state index contributed by atoms with van der Waals surface area (Å²) in [5.74, 6) is 0.319. The second-order valence-corrected chi connectivity index (χ2v) is 3.62. The summed E-state index contributed by atoms with van der Waals surface area (Å²) < 4.78 is 17.0. The van der Waals surface area contributed by atoms with Gasteiger partial charge in [0, 0.05) is 24.4 Å². The van der Waals surface area contributed by atoms with Gasteiger partial charge in [0.15, 0.2) is 5.75 Å². The van der Waals surface area contributed by atoms with E-state index in [-0.39, 0.29) is 12.4 Å². The number of nitrogens with zero attached hydrogens (tertiary/aromatic N) is 1. The van der Waals surface area contributed by atoms with Gasteiger partial charge in [-0.3, -0.25) is 4.99 Å². The van der Waals surface area contributed by atoms with Crippen molar-refractivity contribution in [2.45, 2.75) is 6.92 Å². The van der Waals surface area contributed by atoms with Crippen LogP contribution in [0.5, 0.6) is 5.75 Å². The lowest BCUT2D eigenvalue weighted by Crippen LogP contribution is -2.06. The van der Waals surface area contributed by atoms with Crippen LogP contribution in [0, 0.1) is 0 Å². The van der Waals surface area contributed by atoms with Gasteiger partial charge in [-0.05, 0) is 30.8 Å². The Balaban J connectivity index is 3.29. The molecule has 17 heavy (non-hydrogen) atoms. The van der Waals surface area contributed by atoms with Gasteiger partial charge in [0.25, 0.3) is 12.4 Å². The molecule has 1 rings (SSSR count). The first-order valence-corrected chi connectivity index (χ1v) is 5.49. The van der Waals surface area contributed by atoms with Gasteiger partial charge in [0.05, 0.1) is 5.71 Å². The first-order chi connectivity index (χ1) is 8.13. The third kappa shape index (κ3) is 3.13. The maximum Gasteiger partial charge on any atom is 0.272 e. The molecule has 4 N–H and O–H groups in total. The van der Waals surface area contributed by atoms with E-state index in [1.807, 2.05) is 6.92 Å².